The van der Waals surface area contributed by atoms with Crippen LogP contribution in [0.2, 0.25) is 0 Å². The molecule has 1 fully saturated rings. The summed E-state index contributed by atoms with van der Waals surface area (Å²) in [7, 11) is 0. The van der Waals surface area contributed by atoms with Gasteiger partial charge in [0.1, 0.15) is 0 Å². The quantitative estimate of drug-likeness (QED) is 0.883. The molecule has 0 saturated carbocycles. The number of halogens is 2. The Kier molecular flexibility index (Phi) is 4.07. The van der Waals surface area contributed by atoms with Crippen molar-refractivity contribution in [3.05, 3.63) is 35.4 Å². The van der Waals surface area contributed by atoms with Crippen molar-refractivity contribution in [2.24, 2.45) is 11.7 Å². The second-order valence-electron chi connectivity index (χ2n) is 4.54. The minimum atomic E-state index is -0.829. The lowest BCUT2D eigenvalue weighted by atomic mass is 9.90. The van der Waals surface area contributed by atoms with Crippen LogP contribution in [-0.2, 0) is 4.74 Å². The third kappa shape index (κ3) is 3.01. The summed E-state index contributed by atoms with van der Waals surface area (Å²) in [5.74, 6) is -1.20. The molecule has 2 N–H and O–H groups in total. The number of hydrogen-bond donors (Lipinski definition) is 1. The van der Waals surface area contributed by atoms with E-state index < -0.39 is 17.7 Å². The van der Waals surface area contributed by atoms with Gasteiger partial charge in [0.25, 0.3) is 0 Å². The van der Waals surface area contributed by atoms with Gasteiger partial charge in [-0.15, -0.1) is 0 Å². The van der Waals surface area contributed by atoms with Crippen molar-refractivity contribution in [1.82, 2.24) is 0 Å². The van der Waals surface area contributed by atoms with Crippen molar-refractivity contribution in [2.45, 2.75) is 25.3 Å². The first-order valence-electron chi connectivity index (χ1n) is 5.95. The predicted octanol–water partition coefficient (Wildman–Crippen LogP) is 2.78. The largest absolute Gasteiger partial charge is 0.381 e. The van der Waals surface area contributed by atoms with Crippen LogP contribution in [0.25, 0.3) is 0 Å². The maximum Gasteiger partial charge on any atom is 0.163 e. The lowest BCUT2D eigenvalue weighted by molar-refractivity contribution is 0.0617. The Bertz CT molecular complexity index is 378. The van der Waals surface area contributed by atoms with E-state index in [1.807, 2.05) is 0 Å². The number of benzene rings is 1. The zero-order valence-electron chi connectivity index (χ0n) is 9.66. The Balaban J connectivity index is 2.03. The second-order valence-corrected chi connectivity index (χ2v) is 4.54. The molecule has 2 rings (SSSR count). The summed E-state index contributed by atoms with van der Waals surface area (Å²) < 4.78 is 31.8. The molecule has 1 aliphatic rings. The fraction of sp³-hybridized carbons (Fsp3) is 0.538. The lowest BCUT2D eigenvalue weighted by Gasteiger charge is -2.25. The molecule has 0 amide bonds. The summed E-state index contributed by atoms with van der Waals surface area (Å²) in [6.45, 7) is 1.48. The normalized spacial score (nSPS) is 19.2. The molecule has 2 nitrogen and oxygen atoms in total. The maximum absolute atomic E-state index is 13.5. The predicted molar refractivity (Wildman–Crippen MR) is 61.4 cm³/mol. The van der Waals surface area contributed by atoms with Gasteiger partial charge in [-0.05, 0) is 31.2 Å². The van der Waals surface area contributed by atoms with Crippen molar-refractivity contribution in [3.63, 3.8) is 0 Å². The van der Waals surface area contributed by atoms with E-state index >= 15 is 0 Å². The first-order chi connectivity index (χ1) is 8.18. The first-order valence-corrected chi connectivity index (χ1v) is 5.95. The highest BCUT2D eigenvalue weighted by Crippen LogP contribution is 2.27. The number of rotatable bonds is 3. The van der Waals surface area contributed by atoms with E-state index in [1.165, 1.54) is 6.07 Å². The Morgan fingerprint density at radius 2 is 2.00 bits per heavy atom. The molecule has 1 heterocycles. The molecule has 1 aliphatic heterocycles. The molecule has 0 aromatic heterocycles. The molecule has 0 spiro atoms. The molecule has 17 heavy (non-hydrogen) atoms. The second kappa shape index (κ2) is 5.56. The van der Waals surface area contributed by atoms with Crippen LogP contribution in [0, 0.1) is 17.6 Å². The summed E-state index contributed by atoms with van der Waals surface area (Å²) in [5.41, 5.74) is 6.22. The third-order valence-corrected chi connectivity index (χ3v) is 3.31. The van der Waals surface area contributed by atoms with Crippen LogP contribution in [0.1, 0.15) is 30.9 Å². The van der Waals surface area contributed by atoms with E-state index in [4.69, 9.17) is 10.5 Å². The highest BCUT2D eigenvalue weighted by Gasteiger charge is 2.21. The zero-order chi connectivity index (χ0) is 12.3. The van der Waals surface area contributed by atoms with E-state index in [9.17, 15) is 8.78 Å². The summed E-state index contributed by atoms with van der Waals surface area (Å²) in [4.78, 5) is 0. The zero-order valence-corrected chi connectivity index (χ0v) is 9.66. The van der Waals surface area contributed by atoms with Crippen LogP contribution >= 0.6 is 0 Å². The molecule has 0 bridgehead atoms. The van der Waals surface area contributed by atoms with Gasteiger partial charge in [-0.1, -0.05) is 12.1 Å². The number of nitrogens with two attached hydrogens (primary N) is 1. The SMILES string of the molecule is NC(CC1CCOCC1)c1cccc(F)c1F. The first kappa shape index (κ1) is 12.5. The Labute approximate surface area is 99.8 Å². The standard InChI is InChI=1S/C13H17F2NO/c14-11-3-1-2-10(13(11)15)12(16)8-9-4-6-17-7-5-9/h1-3,9,12H,4-8,16H2. The summed E-state index contributed by atoms with van der Waals surface area (Å²) >= 11 is 0. The van der Waals surface area contributed by atoms with Gasteiger partial charge in [-0.3, -0.25) is 0 Å². The summed E-state index contributed by atoms with van der Waals surface area (Å²) in [6.07, 6.45) is 2.58. The van der Waals surface area contributed by atoms with Crippen LogP contribution in [0.4, 0.5) is 8.78 Å². The topological polar surface area (TPSA) is 35.2 Å². The van der Waals surface area contributed by atoms with Gasteiger partial charge < -0.3 is 10.5 Å². The van der Waals surface area contributed by atoms with Crippen LogP contribution in [0.15, 0.2) is 18.2 Å². The van der Waals surface area contributed by atoms with Crippen molar-refractivity contribution in [1.29, 1.82) is 0 Å². The highest BCUT2D eigenvalue weighted by molar-refractivity contribution is 5.22. The molecular formula is C13H17F2NO. The minimum absolute atomic E-state index is 0.275. The molecule has 1 aromatic rings. The fourth-order valence-electron chi connectivity index (χ4n) is 2.28. The Morgan fingerprint density at radius 3 is 2.71 bits per heavy atom. The fourth-order valence-corrected chi connectivity index (χ4v) is 2.28. The van der Waals surface area contributed by atoms with Crippen LogP contribution in [0.5, 0.6) is 0 Å². The van der Waals surface area contributed by atoms with E-state index in [-0.39, 0.29) is 5.56 Å². The lowest BCUT2D eigenvalue weighted by Crippen LogP contribution is -2.22. The molecule has 1 atom stereocenters. The van der Waals surface area contributed by atoms with Gasteiger partial charge >= 0.3 is 0 Å². The van der Waals surface area contributed by atoms with Crippen LogP contribution in [-0.4, -0.2) is 13.2 Å². The van der Waals surface area contributed by atoms with E-state index in [0.717, 1.165) is 32.1 Å². The molecule has 1 unspecified atom stereocenters. The minimum Gasteiger partial charge on any atom is -0.381 e. The van der Waals surface area contributed by atoms with Gasteiger partial charge in [-0.2, -0.15) is 0 Å². The molecule has 94 valence electrons. The smallest absolute Gasteiger partial charge is 0.163 e. The average Bonchev–Trinajstić information content (AvgIpc) is 2.34. The summed E-state index contributed by atoms with van der Waals surface area (Å²) in [6, 6.07) is 3.73. The van der Waals surface area contributed by atoms with Crippen molar-refractivity contribution < 1.29 is 13.5 Å². The number of ether oxygens (including phenoxy) is 1. The monoisotopic (exact) mass is 241 g/mol. The molecule has 1 aromatic carbocycles. The molecular weight excluding hydrogens is 224 g/mol. The maximum atomic E-state index is 13.5. The molecule has 4 heteroatoms. The van der Waals surface area contributed by atoms with Gasteiger partial charge in [0.15, 0.2) is 11.6 Å². The average molecular weight is 241 g/mol. The molecule has 0 radical (unpaired) electrons. The Morgan fingerprint density at radius 1 is 1.29 bits per heavy atom. The Hall–Kier alpha value is -1.00. The van der Waals surface area contributed by atoms with Crippen molar-refractivity contribution in [3.8, 4) is 0 Å². The van der Waals surface area contributed by atoms with Crippen LogP contribution < -0.4 is 5.73 Å². The van der Waals surface area contributed by atoms with E-state index in [1.54, 1.807) is 6.07 Å². The van der Waals surface area contributed by atoms with Crippen molar-refractivity contribution >= 4 is 0 Å². The van der Waals surface area contributed by atoms with Gasteiger partial charge in [0.2, 0.25) is 0 Å². The van der Waals surface area contributed by atoms with Crippen LogP contribution in [0.3, 0.4) is 0 Å². The molecule has 0 aliphatic carbocycles. The van der Waals surface area contributed by atoms with Gasteiger partial charge in [0.05, 0.1) is 0 Å². The van der Waals surface area contributed by atoms with Crippen molar-refractivity contribution in [2.75, 3.05) is 13.2 Å². The van der Waals surface area contributed by atoms with E-state index in [0.29, 0.717) is 12.3 Å². The van der Waals surface area contributed by atoms with Gasteiger partial charge in [-0.25, -0.2) is 8.78 Å². The van der Waals surface area contributed by atoms with Gasteiger partial charge in [0, 0.05) is 24.8 Å². The molecule has 1 saturated heterocycles. The summed E-state index contributed by atoms with van der Waals surface area (Å²) in [5, 5.41) is 0. The number of hydrogen-bond acceptors (Lipinski definition) is 2. The highest BCUT2D eigenvalue weighted by atomic mass is 19.2. The third-order valence-electron chi connectivity index (χ3n) is 3.31. The van der Waals surface area contributed by atoms with E-state index in [2.05, 4.69) is 0 Å².